The number of likely N-dealkylation sites (tertiary alicyclic amines) is 1. The highest BCUT2D eigenvalue weighted by Gasteiger charge is 2.36. The second-order valence-corrected chi connectivity index (χ2v) is 6.55. The molecule has 126 valence electrons. The predicted molar refractivity (Wildman–Crippen MR) is 94.1 cm³/mol. The molecule has 0 bridgehead atoms. The Hall–Kier alpha value is -2.11. The van der Waals surface area contributed by atoms with E-state index in [0.29, 0.717) is 5.02 Å². The Morgan fingerprint density at radius 2 is 1.83 bits per heavy atom. The molecule has 0 saturated carbocycles. The van der Waals surface area contributed by atoms with Gasteiger partial charge in [-0.25, -0.2) is 0 Å². The molecule has 0 radical (unpaired) electrons. The summed E-state index contributed by atoms with van der Waals surface area (Å²) in [4.78, 5) is 13.0. The van der Waals surface area contributed by atoms with Crippen molar-refractivity contribution in [3.63, 3.8) is 0 Å². The summed E-state index contributed by atoms with van der Waals surface area (Å²) in [7, 11) is 3.71. The van der Waals surface area contributed by atoms with Gasteiger partial charge in [0.1, 0.15) is 5.75 Å². The van der Waals surface area contributed by atoms with Gasteiger partial charge in [-0.1, -0.05) is 29.8 Å². The van der Waals surface area contributed by atoms with Crippen molar-refractivity contribution in [3.05, 3.63) is 68.7 Å². The Labute approximate surface area is 146 Å². The lowest BCUT2D eigenvalue weighted by molar-refractivity contribution is -0.384. The van der Waals surface area contributed by atoms with E-state index in [1.807, 2.05) is 25.2 Å². The van der Waals surface area contributed by atoms with Gasteiger partial charge in [0.25, 0.3) is 5.69 Å². The van der Waals surface area contributed by atoms with Crippen molar-refractivity contribution in [2.45, 2.75) is 11.8 Å². The van der Waals surface area contributed by atoms with Crippen molar-refractivity contribution < 1.29 is 9.66 Å². The van der Waals surface area contributed by atoms with E-state index in [4.69, 9.17) is 16.3 Å². The van der Waals surface area contributed by atoms with E-state index in [2.05, 4.69) is 11.0 Å². The summed E-state index contributed by atoms with van der Waals surface area (Å²) in [5, 5.41) is 11.7. The average Bonchev–Trinajstić information content (AvgIpc) is 2.96. The van der Waals surface area contributed by atoms with E-state index in [1.54, 1.807) is 19.2 Å². The SMILES string of the molecule is COc1ccccc1[C@@H]1CN(C)C[C@H]1c1cc([N+](=O)[O-])ccc1Cl. The van der Waals surface area contributed by atoms with E-state index >= 15 is 0 Å². The number of hydrogen-bond donors (Lipinski definition) is 0. The molecule has 3 rings (SSSR count). The second-order valence-electron chi connectivity index (χ2n) is 6.14. The third kappa shape index (κ3) is 3.09. The molecule has 0 unspecified atom stereocenters. The zero-order valence-corrected chi connectivity index (χ0v) is 14.4. The van der Waals surface area contributed by atoms with Crippen LogP contribution in [0, 0.1) is 10.1 Å². The smallest absolute Gasteiger partial charge is 0.269 e. The fourth-order valence-electron chi connectivity index (χ4n) is 3.53. The molecule has 2 aromatic rings. The van der Waals surface area contributed by atoms with E-state index in [9.17, 15) is 10.1 Å². The van der Waals surface area contributed by atoms with Crippen molar-refractivity contribution in [1.82, 2.24) is 4.90 Å². The van der Waals surface area contributed by atoms with E-state index in [-0.39, 0.29) is 22.4 Å². The Morgan fingerprint density at radius 1 is 1.17 bits per heavy atom. The first-order valence-corrected chi connectivity index (χ1v) is 8.14. The van der Waals surface area contributed by atoms with Crippen molar-refractivity contribution in [2.24, 2.45) is 0 Å². The fraction of sp³-hybridized carbons (Fsp3) is 0.333. The molecule has 2 aromatic carbocycles. The topological polar surface area (TPSA) is 55.6 Å². The largest absolute Gasteiger partial charge is 0.496 e. The van der Waals surface area contributed by atoms with Gasteiger partial charge >= 0.3 is 0 Å². The van der Waals surface area contributed by atoms with Crippen molar-refractivity contribution in [3.8, 4) is 5.75 Å². The Bertz CT molecular complexity index is 766. The molecule has 24 heavy (non-hydrogen) atoms. The molecular weight excluding hydrogens is 328 g/mol. The molecule has 0 amide bonds. The van der Waals surface area contributed by atoms with Gasteiger partial charge in [0.15, 0.2) is 0 Å². The van der Waals surface area contributed by atoms with Gasteiger partial charge in [-0.15, -0.1) is 0 Å². The molecule has 6 heteroatoms. The maximum Gasteiger partial charge on any atom is 0.269 e. The van der Waals surface area contributed by atoms with Gasteiger partial charge < -0.3 is 9.64 Å². The van der Waals surface area contributed by atoms with Gasteiger partial charge in [-0.3, -0.25) is 10.1 Å². The quantitative estimate of drug-likeness (QED) is 0.618. The van der Waals surface area contributed by atoms with Crippen LogP contribution in [-0.2, 0) is 0 Å². The molecule has 1 aliphatic rings. The van der Waals surface area contributed by atoms with Gasteiger partial charge in [0, 0.05) is 42.1 Å². The monoisotopic (exact) mass is 346 g/mol. The number of halogens is 1. The molecular formula is C18H19ClN2O3. The third-order valence-electron chi connectivity index (χ3n) is 4.63. The molecule has 5 nitrogen and oxygen atoms in total. The van der Waals surface area contributed by atoms with Crippen LogP contribution in [0.2, 0.25) is 5.02 Å². The van der Waals surface area contributed by atoms with Crippen LogP contribution >= 0.6 is 11.6 Å². The number of benzene rings is 2. The lowest BCUT2D eigenvalue weighted by Gasteiger charge is -2.22. The van der Waals surface area contributed by atoms with Gasteiger partial charge in [-0.05, 0) is 30.3 Å². The van der Waals surface area contributed by atoms with Crippen LogP contribution in [0.25, 0.3) is 0 Å². The third-order valence-corrected chi connectivity index (χ3v) is 4.97. The standard InChI is InChI=1S/C18H19ClN2O3/c1-20-10-15(13-5-3-4-6-18(13)24-2)16(11-20)14-9-12(21(22)23)7-8-17(14)19/h3-9,15-16H,10-11H2,1-2H3/t15-,16-/m0/s1. The minimum Gasteiger partial charge on any atom is -0.496 e. The van der Waals surface area contributed by atoms with E-state index < -0.39 is 0 Å². The number of methoxy groups -OCH3 is 1. The molecule has 0 aromatic heterocycles. The fourth-order valence-corrected chi connectivity index (χ4v) is 3.79. The summed E-state index contributed by atoms with van der Waals surface area (Å²) in [6.45, 7) is 1.65. The van der Waals surface area contributed by atoms with E-state index in [0.717, 1.165) is 30.0 Å². The first kappa shape index (κ1) is 16.7. The van der Waals surface area contributed by atoms with Crippen molar-refractivity contribution in [1.29, 1.82) is 0 Å². The van der Waals surface area contributed by atoms with Gasteiger partial charge in [-0.2, -0.15) is 0 Å². The number of non-ortho nitro benzene ring substituents is 1. The van der Waals surface area contributed by atoms with Gasteiger partial charge in [0.2, 0.25) is 0 Å². The summed E-state index contributed by atoms with van der Waals surface area (Å²) in [5.41, 5.74) is 2.01. The van der Waals surface area contributed by atoms with Crippen molar-refractivity contribution in [2.75, 3.05) is 27.2 Å². The minimum atomic E-state index is -0.378. The molecule has 1 fully saturated rings. The van der Waals surface area contributed by atoms with E-state index in [1.165, 1.54) is 6.07 Å². The van der Waals surface area contributed by atoms with Crippen LogP contribution in [-0.4, -0.2) is 37.1 Å². The zero-order chi connectivity index (χ0) is 17.3. The van der Waals surface area contributed by atoms with Crippen molar-refractivity contribution >= 4 is 17.3 Å². The first-order chi connectivity index (χ1) is 11.5. The summed E-state index contributed by atoms with van der Waals surface area (Å²) < 4.78 is 5.51. The summed E-state index contributed by atoms with van der Waals surface area (Å²) in [6.07, 6.45) is 0. The normalized spacial score (nSPS) is 21.0. The molecule has 2 atom stereocenters. The number of nitro benzene ring substituents is 1. The number of likely N-dealkylation sites (N-methyl/N-ethyl adjacent to an activating group) is 1. The second kappa shape index (κ2) is 6.79. The summed E-state index contributed by atoms with van der Waals surface area (Å²) >= 11 is 6.38. The number of ether oxygens (including phenoxy) is 1. The van der Waals surface area contributed by atoms with Gasteiger partial charge in [0.05, 0.1) is 12.0 Å². The number of para-hydroxylation sites is 1. The Kier molecular flexibility index (Phi) is 4.73. The number of nitro groups is 1. The molecule has 0 aliphatic carbocycles. The molecule has 0 N–H and O–H groups in total. The first-order valence-electron chi connectivity index (χ1n) is 7.76. The lowest BCUT2D eigenvalue weighted by atomic mass is 9.83. The van der Waals surface area contributed by atoms with Crippen LogP contribution in [0.4, 0.5) is 5.69 Å². The molecule has 0 spiro atoms. The number of nitrogens with zero attached hydrogens (tertiary/aromatic N) is 2. The highest BCUT2D eigenvalue weighted by Crippen LogP contribution is 2.44. The zero-order valence-electron chi connectivity index (χ0n) is 13.6. The van der Waals surface area contributed by atoms with Crippen LogP contribution in [0.15, 0.2) is 42.5 Å². The highest BCUT2D eigenvalue weighted by atomic mass is 35.5. The summed E-state index contributed by atoms with van der Waals surface area (Å²) in [6, 6.07) is 12.6. The lowest BCUT2D eigenvalue weighted by Crippen LogP contribution is -2.13. The maximum absolute atomic E-state index is 11.1. The van der Waals surface area contributed by atoms with Crippen LogP contribution < -0.4 is 4.74 Å². The van der Waals surface area contributed by atoms with Crippen LogP contribution in [0.3, 0.4) is 0 Å². The molecule has 1 aliphatic heterocycles. The average molecular weight is 347 g/mol. The Balaban J connectivity index is 2.06. The minimum absolute atomic E-state index is 0.0720. The van der Waals surface area contributed by atoms with Crippen LogP contribution in [0.1, 0.15) is 23.0 Å². The summed E-state index contributed by atoms with van der Waals surface area (Å²) in [5.74, 6) is 1.09. The Morgan fingerprint density at radius 3 is 2.50 bits per heavy atom. The van der Waals surface area contributed by atoms with Crippen LogP contribution in [0.5, 0.6) is 5.75 Å². The number of rotatable bonds is 4. The molecule has 1 saturated heterocycles. The maximum atomic E-state index is 11.1. The predicted octanol–water partition coefficient (Wildman–Crippen LogP) is 4.07. The number of hydrogen-bond acceptors (Lipinski definition) is 4. The molecule has 1 heterocycles. The highest BCUT2D eigenvalue weighted by molar-refractivity contribution is 6.31.